The van der Waals surface area contributed by atoms with E-state index in [1.165, 1.54) is 38.5 Å². The second-order valence-electron chi connectivity index (χ2n) is 11.6. The molecule has 0 aliphatic carbocycles. The smallest absolute Gasteiger partial charge is 0.328 e. The lowest BCUT2D eigenvalue weighted by atomic mass is 10.1. The minimum atomic E-state index is -1.39. The molecule has 0 heterocycles. The van der Waals surface area contributed by atoms with Crippen LogP contribution in [0.25, 0.3) is 0 Å². The average Bonchev–Trinajstić information content (AvgIpc) is 3.02. The van der Waals surface area contributed by atoms with Crippen molar-refractivity contribution >= 4 is 23.8 Å². The van der Waals surface area contributed by atoms with Crippen molar-refractivity contribution in [3.8, 4) is 0 Å². The van der Waals surface area contributed by atoms with Crippen LogP contribution < -0.4 is 10.6 Å². The molecule has 9 heteroatoms. The number of unbranched alkanes of at least 4 members (excludes halogenated alkanes) is 12. The minimum absolute atomic E-state index is 0.138. The third-order valence-corrected chi connectivity index (χ3v) is 7.32. The van der Waals surface area contributed by atoms with Crippen LogP contribution in [-0.4, -0.2) is 59.3 Å². The van der Waals surface area contributed by atoms with Crippen molar-refractivity contribution in [2.24, 2.45) is 0 Å². The predicted molar refractivity (Wildman–Crippen MR) is 181 cm³/mol. The van der Waals surface area contributed by atoms with Crippen LogP contribution in [-0.2, 0) is 23.9 Å². The highest BCUT2D eigenvalue weighted by atomic mass is 16.5. The van der Waals surface area contributed by atoms with E-state index in [-0.39, 0.29) is 30.9 Å². The zero-order chi connectivity index (χ0) is 33.4. The van der Waals surface area contributed by atoms with Gasteiger partial charge in [0, 0.05) is 12.8 Å². The van der Waals surface area contributed by atoms with Gasteiger partial charge in [0.05, 0.1) is 13.2 Å². The van der Waals surface area contributed by atoms with Gasteiger partial charge in [-0.1, -0.05) is 95.6 Å². The van der Waals surface area contributed by atoms with Gasteiger partial charge in [-0.2, -0.15) is 0 Å². The highest BCUT2D eigenvalue weighted by Gasteiger charge is 2.18. The van der Waals surface area contributed by atoms with Crippen molar-refractivity contribution in [3.63, 3.8) is 0 Å². The molecule has 0 aromatic rings. The van der Waals surface area contributed by atoms with E-state index in [2.05, 4.69) is 54.9 Å². The minimum Gasteiger partial charge on any atom is -0.480 e. The van der Waals surface area contributed by atoms with Crippen molar-refractivity contribution in [2.75, 3.05) is 13.2 Å². The Morgan fingerprint density at radius 3 is 1.96 bits per heavy atom. The number of hydrogen-bond donors (Lipinski definition) is 4. The number of carboxylic acid groups (broad SMARTS) is 1. The normalized spacial score (nSPS) is 13.0. The molecule has 0 rings (SSSR count). The first-order chi connectivity index (χ1) is 21.8. The van der Waals surface area contributed by atoms with E-state index in [9.17, 15) is 19.2 Å². The van der Waals surface area contributed by atoms with Crippen LogP contribution >= 0.6 is 0 Å². The SMILES string of the molecule is CCC/C=C\C(CCCCCCC(=O)NCC(=O)NC(CO)C(=O)O)OC(=O)CCCCCCC/C=C\C/C=C\CCCCC. The number of nitrogens with one attached hydrogen (secondary N) is 2. The molecule has 0 aromatic carbocycles. The molecular formula is C36H62N2O7. The molecule has 0 spiro atoms. The van der Waals surface area contributed by atoms with E-state index in [1.807, 2.05) is 6.08 Å². The zero-order valence-electron chi connectivity index (χ0n) is 28.1. The molecule has 0 saturated heterocycles. The molecule has 0 aromatic heterocycles. The molecule has 45 heavy (non-hydrogen) atoms. The number of aliphatic carboxylic acids is 1. The molecule has 0 fully saturated rings. The Labute approximate surface area is 272 Å². The highest BCUT2D eigenvalue weighted by molar-refractivity contribution is 5.87. The van der Waals surface area contributed by atoms with Crippen molar-refractivity contribution in [2.45, 2.75) is 154 Å². The summed E-state index contributed by atoms with van der Waals surface area (Å²) in [7, 11) is 0. The van der Waals surface area contributed by atoms with Crippen LogP contribution in [0.1, 0.15) is 142 Å². The van der Waals surface area contributed by atoms with Gasteiger partial charge in [-0.3, -0.25) is 14.4 Å². The number of carboxylic acids is 1. The number of aliphatic hydroxyl groups excluding tert-OH is 1. The maximum atomic E-state index is 12.5. The average molecular weight is 635 g/mol. The fourth-order valence-electron chi connectivity index (χ4n) is 4.60. The van der Waals surface area contributed by atoms with Crippen molar-refractivity contribution in [1.82, 2.24) is 10.6 Å². The Bertz CT molecular complexity index is 869. The molecule has 258 valence electrons. The van der Waals surface area contributed by atoms with Gasteiger partial charge in [-0.05, 0) is 70.3 Å². The molecule has 4 N–H and O–H groups in total. The van der Waals surface area contributed by atoms with E-state index >= 15 is 0 Å². The zero-order valence-corrected chi connectivity index (χ0v) is 28.1. The molecular weight excluding hydrogens is 572 g/mol. The van der Waals surface area contributed by atoms with Gasteiger partial charge >= 0.3 is 11.9 Å². The number of amides is 2. The molecule has 9 nitrogen and oxygen atoms in total. The van der Waals surface area contributed by atoms with Gasteiger partial charge in [0.2, 0.25) is 11.8 Å². The van der Waals surface area contributed by atoms with Crippen molar-refractivity contribution < 1.29 is 34.1 Å². The molecule has 2 amide bonds. The molecule has 0 saturated carbocycles. The summed E-state index contributed by atoms with van der Waals surface area (Å²) in [6.45, 7) is 3.28. The van der Waals surface area contributed by atoms with Gasteiger partial charge in [0.25, 0.3) is 0 Å². The summed E-state index contributed by atoms with van der Waals surface area (Å²) in [4.78, 5) is 47.0. The van der Waals surface area contributed by atoms with Crippen molar-refractivity contribution in [1.29, 1.82) is 0 Å². The fourth-order valence-corrected chi connectivity index (χ4v) is 4.60. The van der Waals surface area contributed by atoms with Gasteiger partial charge < -0.3 is 25.6 Å². The van der Waals surface area contributed by atoms with Gasteiger partial charge in [0.15, 0.2) is 0 Å². The van der Waals surface area contributed by atoms with E-state index in [0.717, 1.165) is 70.6 Å². The number of rotatable bonds is 30. The summed E-state index contributed by atoms with van der Waals surface area (Å²) in [5.41, 5.74) is 0. The van der Waals surface area contributed by atoms with Crippen LogP contribution in [0.2, 0.25) is 0 Å². The third-order valence-electron chi connectivity index (χ3n) is 7.32. The Morgan fingerprint density at radius 1 is 0.689 bits per heavy atom. The number of carbonyl (C=O) groups is 4. The van der Waals surface area contributed by atoms with Crippen LogP contribution in [0.15, 0.2) is 36.5 Å². The fraction of sp³-hybridized carbons (Fsp3) is 0.722. The first kappa shape index (κ1) is 42.1. The van der Waals surface area contributed by atoms with Crippen LogP contribution in [0.4, 0.5) is 0 Å². The summed E-state index contributed by atoms with van der Waals surface area (Å²) < 4.78 is 5.77. The predicted octanol–water partition coefficient (Wildman–Crippen LogP) is 7.09. The summed E-state index contributed by atoms with van der Waals surface area (Å²) in [6.07, 6.45) is 32.3. The number of ether oxygens (including phenoxy) is 1. The maximum Gasteiger partial charge on any atom is 0.328 e. The van der Waals surface area contributed by atoms with Crippen LogP contribution in [0.3, 0.4) is 0 Å². The molecule has 0 bridgehead atoms. The first-order valence-electron chi connectivity index (χ1n) is 17.4. The van der Waals surface area contributed by atoms with Crippen molar-refractivity contribution in [3.05, 3.63) is 36.5 Å². The first-order valence-corrected chi connectivity index (χ1v) is 17.4. The lowest BCUT2D eigenvalue weighted by Crippen LogP contribution is -2.47. The Balaban J connectivity index is 4.03. The van der Waals surface area contributed by atoms with E-state index in [1.54, 1.807) is 0 Å². The number of carbonyl (C=O) groups excluding carboxylic acids is 3. The number of aliphatic hydroxyl groups is 1. The molecule has 0 radical (unpaired) electrons. The Kier molecular flexibility index (Phi) is 29.0. The van der Waals surface area contributed by atoms with Crippen LogP contribution in [0, 0.1) is 0 Å². The monoisotopic (exact) mass is 634 g/mol. The quantitative estimate of drug-likeness (QED) is 0.0375. The van der Waals surface area contributed by atoms with E-state index in [4.69, 9.17) is 14.9 Å². The highest BCUT2D eigenvalue weighted by Crippen LogP contribution is 2.14. The second-order valence-corrected chi connectivity index (χ2v) is 11.6. The van der Waals surface area contributed by atoms with Gasteiger partial charge in [0.1, 0.15) is 12.1 Å². The lowest BCUT2D eigenvalue weighted by Gasteiger charge is -2.15. The lowest BCUT2D eigenvalue weighted by molar-refractivity contribution is -0.147. The Hall–Kier alpha value is -2.94. The van der Waals surface area contributed by atoms with Crippen LogP contribution in [0.5, 0.6) is 0 Å². The molecule has 0 aliphatic rings. The van der Waals surface area contributed by atoms with E-state index < -0.39 is 24.5 Å². The van der Waals surface area contributed by atoms with Gasteiger partial charge in [-0.15, -0.1) is 0 Å². The second kappa shape index (κ2) is 31.1. The summed E-state index contributed by atoms with van der Waals surface area (Å²) in [5, 5.41) is 22.4. The molecule has 0 aliphatic heterocycles. The summed E-state index contributed by atoms with van der Waals surface area (Å²) in [6, 6.07) is -1.39. The number of allylic oxidation sites excluding steroid dienone is 5. The largest absolute Gasteiger partial charge is 0.480 e. The number of hydrogen-bond acceptors (Lipinski definition) is 6. The summed E-state index contributed by atoms with van der Waals surface area (Å²) >= 11 is 0. The third kappa shape index (κ3) is 28.3. The number of esters is 1. The Morgan fingerprint density at radius 2 is 1.31 bits per heavy atom. The standard InChI is InChI=1S/C36H62N2O7/c1-3-5-7-8-9-10-11-12-13-14-15-16-17-18-24-28-35(42)45-31(25-21-6-4-2)26-22-19-20-23-27-33(40)37-29-34(41)38-32(30-39)36(43)44/h9-10,12-13,21,25,31-32,39H,3-8,11,14-20,22-24,26-30H2,1-2H3,(H,37,40)(H,38,41)(H,43,44)/b10-9-,13-12-,25-21-. The molecule has 2 atom stereocenters. The van der Waals surface area contributed by atoms with Gasteiger partial charge in [-0.25, -0.2) is 4.79 Å². The maximum absolute atomic E-state index is 12.5. The topological polar surface area (TPSA) is 142 Å². The van der Waals surface area contributed by atoms with E-state index in [0.29, 0.717) is 12.8 Å². The molecule has 2 unspecified atom stereocenters. The summed E-state index contributed by atoms with van der Waals surface area (Å²) in [5.74, 6) is -2.44.